The van der Waals surface area contributed by atoms with Gasteiger partial charge in [0.15, 0.2) is 0 Å². The first-order valence-electron chi connectivity index (χ1n) is 7.97. The van der Waals surface area contributed by atoms with Crippen LogP contribution in [0.3, 0.4) is 0 Å². The van der Waals surface area contributed by atoms with Gasteiger partial charge in [0, 0.05) is 22.2 Å². The summed E-state index contributed by atoms with van der Waals surface area (Å²) >= 11 is 5.95. The van der Waals surface area contributed by atoms with Gasteiger partial charge in [-0.2, -0.15) is 10.5 Å². The average Bonchev–Trinajstić information content (AvgIpc) is 2.66. The number of nitrogens with two attached hydrogens (primary N) is 1. The molecule has 8 heteroatoms. The van der Waals surface area contributed by atoms with E-state index in [2.05, 4.69) is 4.98 Å². The number of nitrogens with one attached hydrogen (secondary N) is 1. The highest BCUT2D eigenvalue weighted by molar-refractivity contribution is 6.30. The Bertz CT molecular complexity index is 1210. The summed E-state index contributed by atoms with van der Waals surface area (Å²) in [6.07, 6.45) is 0. The van der Waals surface area contributed by atoms with Crippen LogP contribution in [-0.2, 0) is 6.61 Å². The van der Waals surface area contributed by atoms with Crippen molar-refractivity contribution in [2.24, 2.45) is 0 Å². The summed E-state index contributed by atoms with van der Waals surface area (Å²) in [5, 5.41) is 19.4. The van der Waals surface area contributed by atoms with E-state index >= 15 is 0 Å². The molecule has 0 aliphatic rings. The first-order chi connectivity index (χ1) is 13.4. The predicted octanol–water partition coefficient (Wildman–Crippen LogP) is 3.74. The third kappa shape index (κ3) is 3.66. The van der Waals surface area contributed by atoms with Crippen LogP contribution in [0.1, 0.15) is 16.7 Å². The van der Waals surface area contributed by atoms with Crippen LogP contribution in [-0.4, -0.2) is 4.98 Å². The van der Waals surface area contributed by atoms with Gasteiger partial charge < -0.3 is 15.5 Å². The highest BCUT2D eigenvalue weighted by Gasteiger charge is 2.21. The van der Waals surface area contributed by atoms with Gasteiger partial charge in [-0.25, -0.2) is 4.39 Å². The zero-order valence-electron chi connectivity index (χ0n) is 14.3. The van der Waals surface area contributed by atoms with E-state index in [0.717, 1.165) is 17.7 Å². The summed E-state index contributed by atoms with van der Waals surface area (Å²) in [5.74, 6) is -0.718. The lowest BCUT2D eigenvalue weighted by atomic mass is 9.96. The fourth-order valence-corrected chi connectivity index (χ4v) is 2.94. The van der Waals surface area contributed by atoms with Crippen LogP contribution in [0, 0.1) is 28.5 Å². The number of hydrogen-bond acceptors (Lipinski definition) is 5. The van der Waals surface area contributed by atoms with Crippen LogP contribution < -0.4 is 16.0 Å². The number of nitrogen functional groups attached to an aromatic ring is 1. The molecule has 0 saturated carbocycles. The van der Waals surface area contributed by atoms with Gasteiger partial charge in [0.05, 0.1) is 0 Å². The van der Waals surface area contributed by atoms with Crippen molar-refractivity contribution in [3.63, 3.8) is 0 Å². The third-order valence-electron chi connectivity index (χ3n) is 3.96. The number of aromatic amines is 1. The molecule has 3 N–H and O–H groups in total. The number of rotatable bonds is 4. The topological polar surface area (TPSA) is 116 Å². The molecule has 0 saturated heterocycles. The Balaban J connectivity index is 2.16. The van der Waals surface area contributed by atoms with Crippen LogP contribution in [0.2, 0.25) is 5.02 Å². The number of nitrogens with zero attached hydrogens (tertiary/aromatic N) is 2. The van der Waals surface area contributed by atoms with Crippen molar-refractivity contribution >= 4 is 17.4 Å². The van der Waals surface area contributed by atoms with E-state index in [0.29, 0.717) is 5.02 Å². The minimum absolute atomic E-state index is 0.00709. The van der Waals surface area contributed by atoms with Gasteiger partial charge >= 0.3 is 0 Å². The van der Waals surface area contributed by atoms with E-state index in [-0.39, 0.29) is 40.4 Å². The molecule has 1 aromatic heterocycles. The van der Waals surface area contributed by atoms with Gasteiger partial charge in [0.25, 0.3) is 5.56 Å². The molecule has 0 amide bonds. The van der Waals surface area contributed by atoms with Gasteiger partial charge in [-0.05, 0) is 29.8 Å². The van der Waals surface area contributed by atoms with E-state index in [9.17, 15) is 19.7 Å². The van der Waals surface area contributed by atoms with E-state index in [1.165, 1.54) is 6.07 Å². The molecule has 28 heavy (non-hydrogen) atoms. The molecule has 0 bridgehead atoms. The molecule has 0 aliphatic carbocycles. The van der Waals surface area contributed by atoms with Crippen molar-refractivity contribution in [1.82, 2.24) is 4.98 Å². The zero-order chi connectivity index (χ0) is 20.3. The Morgan fingerprint density at radius 2 is 1.89 bits per heavy atom. The maximum absolute atomic E-state index is 13.9. The molecule has 0 aliphatic heterocycles. The summed E-state index contributed by atoms with van der Waals surface area (Å²) in [6, 6.07) is 14.1. The number of hydrogen-bond donors (Lipinski definition) is 2. The average molecular weight is 395 g/mol. The summed E-state index contributed by atoms with van der Waals surface area (Å²) in [4.78, 5) is 14.4. The molecule has 0 unspecified atom stereocenters. The number of ether oxygens (including phenoxy) is 1. The number of pyridine rings is 1. The molecule has 6 nitrogen and oxygen atoms in total. The van der Waals surface area contributed by atoms with Crippen molar-refractivity contribution in [3.8, 4) is 29.0 Å². The Labute approximate surface area is 164 Å². The number of aromatic nitrogens is 1. The van der Waals surface area contributed by atoms with Gasteiger partial charge in [0.2, 0.25) is 0 Å². The number of anilines is 1. The predicted molar refractivity (Wildman–Crippen MR) is 102 cm³/mol. The van der Waals surface area contributed by atoms with Crippen molar-refractivity contribution < 1.29 is 9.13 Å². The van der Waals surface area contributed by atoms with E-state index in [1.54, 1.807) is 30.3 Å². The van der Waals surface area contributed by atoms with Crippen LogP contribution in [0.25, 0.3) is 11.1 Å². The molecule has 3 rings (SSSR count). The summed E-state index contributed by atoms with van der Waals surface area (Å²) in [6.45, 7) is 0.0550. The Hall–Kier alpha value is -3.81. The fourth-order valence-electron chi connectivity index (χ4n) is 2.72. The van der Waals surface area contributed by atoms with Crippen molar-refractivity contribution in [1.29, 1.82) is 10.5 Å². The largest absolute Gasteiger partial charge is 0.488 e. The normalized spacial score (nSPS) is 10.1. The van der Waals surface area contributed by atoms with Gasteiger partial charge in [-0.3, -0.25) is 4.79 Å². The minimum Gasteiger partial charge on any atom is -0.488 e. The lowest BCUT2D eigenvalue weighted by molar-refractivity contribution is 0.306. The van der Waals surface area contributed by atoms with Crippen LogP contribution in [0.4, 0.5) is 10.2 Å². The van der Waals surface area contributed by atoms with Crippen molar-refractivity contribution in [2.75, 3.05) is 5.73 Å². The summed E-state index contributed by atoms with van der Waals surface area (Å²) in [5.41, 5.74) is 5.50. The van der Waals surface area contributed by atoms with E-state index in [4.69, 9.17) is 22.1 Å². The third-order valence-corrected chi connectivity index (χ3v) is 4.20. The zero-order valence-corrected chi connectivity index (χ0v) is 15.0. The first-order valence-corrected chi connectivity index (χ1v) is 8.35. The summed E-state index contributed by atoms with van der Waals surface area (Å²) in [7, 11) is 0. The molecular formula is C20H12ClFN4O2. The molecule has 0 radical (unpaired) electrons. The maximum Gasteiger partial charge on any atom is 0.268 e. The van der Waals surface area contributed by atoms with Crippen LogP contribution in [0.15, 0.2) is 47.3 Å². The monoisotopic (exact) mass is 394 g/mol. The van der Waals surface area contributed by atoms with Gasteiger partial charge in [0.1, 0.15) is 47.3 Å². The number of H-pyrrole nitrogens is 1. The fraction of sp³-hybridized carbons (Fsp3) is 0.0500. The molecule has 3 aromatic rings. The Kier molecular flexibility index (Phi) is 5.30. The van der Waals surface area contributed by atoms with Crippen molar-refractivity contribution in [2.45, 2.75) is 6.61 Å². The second-order valence-corrected chi connectivity index (χ2v) is 6.21. The quantitative estimate of drug-likeness (QED) is 0.699. The second-order valence-electron chi connectivity index (χ2n) is 5.78. The van der Waals surface area contributed by atoms with Crippen LogP contribution in [0.5, 0.6) is 5.75 Å². The highest BCUT2D eigenvalue weighted by Crippen LogP contribution is 2.36. The Morgan fingerprint density at radius 3 is 2.57 bits per heavy atom. The lowest BCUT2D eigenvalue weighted by Crippen LogP contribution is -2.16. The molecule has 0 fully saturated rings. The molecule has 0 atom stereocenters. The second kappa shape index (κ2) is 7.83. The number of nitriles is 2. The minimum atomic E-state index is -0.751. The summed E-state index contributed by atoms with van der Waals surface area (Å²) < 4.78 is 19.6. The highest BCUT2D eigenvalue weighted by atomic mass is 35.5. The molecule has 138 valence electrons. The van der Waals surface area contributed by atoms with E-state index in [1.807, 2.05) is 6.07 Å². The first kappa shape index (κ1) is 19.0. The standard InChI is InChI=1S/C20H12ClFN4O2/c21-12-3-1-2-11(6-12)10-28-17-7-13(22)4-5-14(17)18-15(8-23)19(25)26-20(27)16(18)9-24/h1-7H,10H2,(H3,25,26,27). The van der Waals surface area contributed by atoms with Gasteiger partial charge in [-0.1, -0.05) is 23.7 Å². The lowest BCUT2D eigenvalue weighted by Gasteiger charge is -2.15. The number of benzene rings is 2. The molecule has 1 heterocycles. The maximum atomic E-state index is 13.9. The van der Waals surface area contributed by atoms with E-state index < -0.39 is 11.4 Å². The smallest absolute Gasteiger partial charge is 0.268 e. The molecular weight excluding hydrogens is 383 g/mol. The van der Waals surface area contributed by atoms with Gasteiger partial charge in [-0.15, -0.1) is 0 Å². The molecule has 0 spiro atoms. The SMILES string of the molecule is N#Cc1c(N)[nH]c(=O)c(C#N)c1-c1ccc(F)cc1OCc1cccc(Cl)c1. The number of halogens is 2. The van der Waals surface area contributed by atoms with Crippen molar-refractivity contribution in [3.05, 3.63) is 80.3 Å². The van der Waals surface area contributed by atoms with Crippen LogP contribution >= 0.6 is 11.6 Å². The Morgan fingerprint density at radius 1 is 1.14 bits per heavy atom. The molecule has 2 aromatic carbocycles.